The van der Waals surface area contributed by atoms with Gasteiger partial charge in [-0.1, -0.05) is 0 Å². The lowest BCUT2D eigenvalue weighted by Gasteiger charge is -2.36. The van der Waals surface area contributed by atoms with Crippen LogP contribution in [-0.4, -0.2) is 52.4 Å². The summed E-state index contributed by atoms with van der Waals surface area (Å²) >= 11 is 0. The zero-order chi connectivity index (χ0) is 17.1. The van der Waals surface area contributed by atoms with Crippen LogP contribution in [0.2, 0.25) is 0 Å². The number of amides is 2. The standard InChI is InChI=1S/C14H15F2N3O4/c1-17-12(20)7-2-3-10(14(22)23)19(6-7)13(21)11-9(16)4-8(15)5-18-11/h4-5,7,10H,2-3,6H2,1H3,(H,17,20)(H,22,23)/t7-,10-/m0/s1. The first-order chi connectivity index (χ1) is 10.8. The van der Waals surface area contributed by atoms with Crippen LogP contribution in [0.5, 0.6) is 0 Å². The molecule has 7 nitrogen and oxygen atoms in total. The van der Waals surface area contributed by atoms with Gasteiger partial charge in [-0.05, 0) is 12.8 Å². The van der Waals surface area contributed by atoms with Crippen LogP contribution in [0.1, 0.15) is 23.3 Å². The molecule has 0 aromatic carbocycles. The third-order valence-corrected chi connectivity index (χ3v) is 3.76. The predicted octanol–water partition coefficient (Wildman–Crippen LogP) is 0.411. The molecule has 1 fully saturated rings. The lowest BCUT2D eigenvalue weighted by Crippen LogP contribution is -2.53. The Labute approximate surface area is 130 Å². The summed E-state index contributed by atoms with van der Waals surface area (Å²) in [6.07, 6.45) is 1.02. The summed E-state index contributed by atoms with van der Waals surface area (Å²) in [4.78, 5) is 39.7. The molecule has 1 aliphatic heterocycles. The number of halogens is 2. The number of hydrogen-bond acceptors (Lipinski definition) is 4. The predicted molar refractivity (Wildman–Crippen MR) is 73.4 cm³/mol. The molecule has 0 bridgehead atoms. The van der Waals surface area contributed by atoms with Crippen molar-refractivity contribution in [3.8, 4) is 0 Å². The quantitative estimate of drug-likeness (QED) is 0.838. The van der Waals surface area contributed by atoms with Gasteiger partial charge in [-0.2, -0.15) is 0 Å². The molecule has 2 atom stereocenters. The van der Waals surface area contributed by atoms with E-state index < -0.39 is 41.2 Å². The Balaban J connectivity index is 2.31. The molecule has 2 rings (SSSR count). The van der Waals surface area contributed by atoms with E-state index >= 15 is 0 Å². The van der Waals surface area contributed by atoms with Crippen molar-refractivity contribution < 1.29 is 28.3 Å². The Bertz CT molecular complexity index is 653. The molecule has 1 aromatic rings. The highest BCUT2D eigenvalue weighted by molar-refractivity contribution is 5.96. The van der Waals surface area contributed by atoms with Crippen LogP contribution in [0.4, 0.5) is 8.78 Å². The normalized spacial score (nSPS) is 20.9. The van der Waals surface area contributed by atoms with Crippen LogP contribution in [0.25, 0.3) is 0 Å². The number of likely N-dealkylation sites (tertiary alicyclic amines) is 1. The molecule has 1 aromatic heterocycles. The van der Waals surface area contributed by atoms with E-state index in [0.29, 0.717) is 18.7 Å². The van der Waals surface area contributed by atoms with Crippen molar-refractivity contribution in [2.24, 2.45) is 5.92 Å². The first-order valence-corrected chi connectivity index (χ1v) is 6.91. The number of aromatic nitrogens is 1. The zero-order valence-electron chi connectivity index (χ0n) is 12.3. The molecular weight excluding hydrogens is 312 g/mol. The Morgan fingerprint density at radius 2 is 2.04 bits per heavy atom. The monoisotopic (exact) mass is 327 g/mol. The van der Waals surface area contributed by atoms with Crippen molar-refractivity contribution in [1.82, 2.24) is 15.2 Å². The van der Waals surface area contributed by atoms with E-state index in [2.05, 4.69) is 10.3 Å². The number of carbonyl (C=O) groups excluding carboxylic acids is 2. The number of nitrogens with one attached hydrogen (secondary N) is 1. The number of pyridine rings is 1. The molecule has 0 saturated carbocycles. The van der Waals surface area contributed by atoms with Crippen molar-refractivity contribution in [3.05, 3.63) is 29.6 Å². The molecule has 9 heteroatoms. The van der Waals surface area contributed by atoms with Gasteiger partial charge in [0.25, 0.3) is 5.91 Å². The Morgan fingerprint density at radius 1 is 1.35 bits per heavy atom. The molecule has 0 aliphatic carbocycles. The van der Waals surface area contributed by atoms with E-state index in [-0.39, 0.29) is 18.9 Å². The van der Waals surface area contributed by atoms with E-state index in [1.54, 1.807) is 0 Å². The summed E-state index contributed by atoms with van der Waals surface area (Å²) in [6.45, 7) is -0.173. The van der Waals surface area contributed by atoms with Gasteiger partial charge >= 0.3 is 5.97 Å². The number of carbonyl (C=O) groups is 3. The zero-order valence-corrected chi connectivity index (χ0v) is 12.3. The molecule has 2 heterocycles. The van der Waals surface area contributed by atoms with Gasteiger partial charge in [-0.25, -0.2) is 18.6 Å². The molecular formula is C14H15F2N3O4. The van der Waals surface area contributed by atoms with E-state index in [9.17, 15) is 28.3 Å². The summed E-state index contributed by atoms with van der Waals surface area (Å²) in [5.41, 5.74) is -0.671. The number of rotatable bonds is 3. The largest absolute Gasteiger partial charge is 0.480 e. The minimum Gasteiger partial charge on any atom is -0.480 e. The lowest BCUT2D eigenvalue weighted by molar-refractivity contribution is -0.145. The Hall–Kier alpha value is -2.58. The third kappa shape index (κ3) is 3.43. The van der Waals surface area contributed by atoms with Gasteiger partial charge in [0.05, 0.1) is 12.1 Å². The van der Waals surface area contributed by atoms with Crippen molar-refractivity contribution in [2.45, 2.75) is 18.9 Å². The molecule has 0 unspecified atom stereocenters. The fraction of sp³-hybridized carbons (Fsp3) is 0.429. The molecule has 23 heavy (non-hydrogen) atoms. The SMILES string of the molecule is CNC(=O)[C@H]1CC[C@@H](C(=O)O)N(C(=O)c2ncc(F)cc2F)C1. The number of aliphatic carboxylic acids is 1. The van der Waals surface area contributed by atoms with Crippen molar-refractivity contribution in [3.63, 3.8) is 0 Å². The average Bonchev–Trinajstić information content (AvgIpc) is 2.52. The summed E-state index contributed by atoms with van der Waals surface area (Å²) < 4.78 is 26.6. The van der Waals surface area contributed by atoms with Gasteiger partial charge in [-0.15, -0.1) is 0 Å². The van der Waals surface area contributed by atoms with Crippen LogP contribution in [0.3, 0.4) is 0 Å². The summed E-state index contributed by atoms with van der Waals surface area (Å²) in [5, 5.41) is 11.7. The van der Waals surface area contributed by atoms with Gasteiger partial charge in [0.15, 0.2) is 11.5 Å². The van der Waals surface area contributed by atoms with E-state index in [4.69, 9.17) is 0 Å². The molecule has 0 radical (unpaired) electrons. The molecule has 1 aliphatic rings. The fourth-order valence-electron chi connectivity index (χ4n) is 2.58. The van der Waals surface area contributed by atoms with Gasteiger partial charge < -0.3 is 15.3 Å². The second kappa shape index (κ2) is 6.67. The van der Waals surface area contributed by atoms with E-state index in [1.165, 1.54) is 7.05 Å². The fourth-order valence-corrected chi connectivity index (χ4v) is 2.58. The number of hydrogen-bond donors (Lipinski definition) is 2. The Morgan fingerprint density at radius 3 is 2.61 bits per heavy atom. The molecule has 2 amide bonds. The summed E-state index contributed by atoms with van der Waals surface area (Å²) in [6, 6.07) is -0.689. The number of carboxylic acid groups (broad SMARTS) is 1. The van der Waals surface area contributed by atoms with Crippen LogP contribution in [-0.2, 0) is 9.59 Å². The van der Waals surface area contributed by atoms with Gasteiger partial charge in [0.2, 0.25) is 5.91 Å². The number of carboxylic acids is 1. The van der Waals surface area contributed by atoms with Crippen LogP contribution < -0.4 is 5.32 Å². The first-order valence-electron chi connectivity index (χ1n) is 6.91. The van der Waals surface area contributed by atoms with Crippen molar-refractivity contribution in [1.29, 1.82) is 0 Å². The van der Waals surface area contributed by atoms with Crippen molar-refractivity contribution >= 4 is 17.8 Å². The topological polar surface area (TPSA) is 99.6 Å². The van der Waals surface area contributed by atoms with E-state index in [0.717, 1.165) is 4.90 Å². The number of nitrogens with zero attached hydrogens (tertiary/aromatic N) is 2. The molecule has 2 N–H and O–H groups in total. The van der Waals surface area contributed by atoms with Crippen LogP contribution in [0.15, 0.2) is 12.3 Å². The van der Waals surface area contributed by atoms with Gasteiger partial charge in [0.1, 0.15) is 11.9 Å². The van der Waals surface area contributed by atoms with Crippen LogP contribution in [0, 0.1) is 17.6 Å². The Kier molecular flexibility index (Phi) is 4.87. The number of piperidine rings is 1. The van der Waals surface area contributed by atoms with Crippen LogP contribution >= 0.6 is 0 Å². The highest BCUT2D eigenvalue weighted by Crippen LogP contribution is 2.24. The maximum absolute atomic E-state index is 13.7. The highest BCUT2D eigenvalue weighted by atomic mass is 19.1. The minimum absolute atomic E-state index is 0.0575. The molecule has 1 saturated heterocycles. The maximum atomic E-state index is 13.7. The van der Waals surface area contributed by atoms with Gasteiger partial charge in [0, 0.05) is 19.7 Å². The highest BCUT2D eigenvalue weighted by Gasteiger charge is 2.39. The third-order valence-electron chi connectivity index (χ3n) is 3.76. The molecule has 124 valence electrons. The summed E-state index contributed by atoms with van der Waals surface area (Å²) in [5.74, 6) is -5.29. The average molecular weight is 327 g/mol. The minimum atomic E-state index is -1.25. The lowest BCUT2D eigenvalue weighted by atomic mass is 9.91. The second-order valence-corrected chi connectivity index (χ2v) is 5.18. The second-order valence-electron chi connectivity index (χ2n) is 5.18. The molecule has 0 spiro atoms. The first kappa shape index (κ1) is 16.8. The van der Waals surface area contributed by atoms with Crippen molar-refractivity contribution in [2.75, 3.05) is 13.6 Å². The van der Waals surface area contributed by atoms with E-state index in [1.807, 2.05) is 0 Å². The smallest absolute Gasteiger partial charge is 0.326 e. The van der Waals surface area contributed by atoms with Gasteiger partial charge in [-0.3, -0.25) is 9.59 Å². The summed E-state index contributed by atoms with van der Waals surface area (Å²) in [7, 11) is 1.43. The maximum Gasteiger partial charge on any atom is 0.326 e.